The minimum absolute atomic E-state index is 0.0106. The zero-order chi connectivity index (χ0) is 13.2. The Morgan fingerprint density at radius 3 is 2.72 bits per heavy atom. The van der Waals surface area contributed by atoms with Crippen LogP contribution in [-0.2, 0) is 16.4 Å². The average Bonchev–Trinajstić information content (AvgIpc) is 2.60. The van der Waals surface area contributed by atoms with Gasteiger partial charge in [0.05, 0.1) is 24.7 Å². The van der Waals surface area contributed by atoms with Gasteiger partial charge in [0.15, 0.2) is 9.84 Å². The molecule has 0 saturated carbocycles. The molecule has 1 aromatic carbocycles. The van der Waals surface area contributed by atoms with Gasteiger partial charge in [0.25, 0.3) is 0 Å². The van der Waals surface area contributed by atoms with Gasteiger partial charge in [0.2, 0.25) is 0 Å². The largest absolute Gasteiger partial charge is 0.496 e. The van der Waals surface area contributed by atoms with Crippen molar-refractivity contribution in [2.24, 2.45) is 0 Å². The maximum atomic E-state index is 11.4. The van der Waals surface area contributed by atoms with Crippen LogP contribution in [0.4, 0.5) is 0 Å². The molecular weight excluding hydrogens is 254 g/mol. The van der Waals surface area contributed by atoms with E-state index in [1.807, 2.05) is 24.3 Å². The summed E-state index contributed by atoms with van der Waals surface area (Å²) in [6.45, 7) is 0.473. The van der Waals surface area contributed by atoms with E-state index in [1.165, 1.54) is 0 Å². The van der Waals surface area contributed by atoms with Crippen LogP contribution in [0.15, 0.2) is 24.3 Å². The van der Waals surface area contributed by atoms with Gasteiger partial charge in [-0.1, -0.05) is 18.2 Å². The van der Waals surface area contributed by atoms with Crippen molar-refractivity contribution in [3.63, 3.8) is 0 Å². The van der Waals surface area contributed by atoms with Gasteiger partial charge in [-0.05, 0) is 6.07 Å². The molecule has 1 aliphatic rings. The van der Waals surface area contributed by atoms with Gasteiger partial charge in [0.1, 0.15) is 5.75 Å². The van der Waals surface area contributed by atoms with Gasteiger partial charge >= 0.3 is 0 Å². The molecule has 2 N–H and O–H groups in total. The van der Waals surface area contributed by atoms with E-state index in [9.17, 15) is 13.5 Å². The maximum absolute atomic E-state index is 11.4. The molecule has 0 spiro atoms. The third-order valence-electron chi connectivity index (χ3n) is 3.07. The standard InChI is InChI=1S/C12H17NO4S/c1-17-12-5-3-2-4-9(12)6-13-10-7-18(15,16)8-11(10)14/h2-5,10-11,13-14H,6-8H2,1H3/t10-,11+/m1/s1. The highest BCUT2D eigenvalue weighted by molar-refractivity contribution is 7.91. The highest BCUT2D eigenvalue weighted by atomic mass is 32.2. The molecule has 100 valence electrons. The molecule has 5 nitrogen and oxygen atoms in total. The van der Waals surface area contributed by atoms with Crippen LogP contribution in [0.5, 0.6) is 5.75 Å². The lowest BCUT2D eigenvalue weighted by molar-refractivity contribution is 0.165. The Balaban J connectivity index is 2.00. The van der Waals surface area contributed by atoms with Crippen LogP contribution >= 0.6 is 0 Å². The molecule has 2 rings (SSSR count). The molecule has 1 aliphatic heterocycles. The number of methoxy groups -OCH3 is 1. The molecule has 6 heteroatoms. The summed E-state index contributed by atoms with van der Waals surface area (Å²) in [6, 6.07) is 7.11. The van der Waals surface area contributed by atoms with E-state index in [-0.39, 0.29) is 11.5 Å². The lowest BCUT2D eigenvalue weighted by Crippen LogP contribution is -2.38. The highest BCUT2D eigenvalue weighted by Gasteiger charge is 2.35. The average molecular weight is 271 g/mol. The van der Waals surface area contributed by atoms with Crippen LogP contribution < -0.4 is 10.1 Å². The summed E-state index contributed by atoms with van der Waals surface area (Å²) >= 11 is 0. The number of hydrogen-bond donors (Lipinski definition) is 2. The van der Waals surface area contributed by atoms with Gasteiger partial charge in [0, 0.05) is 18.2 Å². The van der Waals surface area contributed by atoms with Gasteiger partial charge in [-0.3, -0.25) is 0 Å². The van der Waals surface area contributed by atoms with E-state index in [1.54, 1.807) is 7.11 Å². The van der Waals surface area contributed by atoms with Crippen molar-refractivity contribution in [1.29, 1.82) is 0 Å². The molecule has 1 saturated heterocycles. The Morgan fingerprint density at radius 1 is 1.39 bits per heavy atom. The third-order valence-corrected chi connectivity index (χ3v) is 4.79. The summed E-state index contributed by atoms with van der Waals surface area (Å²) < 4.78 is 27.9. The molecule has 0 bridgehead atoms. The van der Waals surface area contributed by atoms with E-state index in [0.717, 1.165) is 11.3 Å². The van der Waals surface area contributed by atoms with Crippen LogP contribution in [0.25, 0.3) is 0 Å². The number of nitrogens with one attached hydrogen (secondary N) is 1. The SMILES string of the molecule is COc1ccccc1CN[C@@H]1CS(=O)(=O)C[C@@H]1O. The number of rotatable bonds is 4. The number of para-hydroxylation sites is 1. The zero-order valence-electron chi connectivity index (χ0n) is 10.2. The molecule has 0 aliphatic carbocycles. The van der Waals surface area contributed by atoms with Gasteiger partial charge in [-0.15, -0.1) is 0 Å². The van der Waals surface area contributed by atoms with Gasteiger partial charge in [-0.25, -0.2) is 8.42 Å². The number of ether oxygens (including phenoxy) is 1. The van der Waals surface area contributed by atoms with Crippen molar-refractivity contribution in [1.82, 2.24) is 5.32 Å². The normalized spacial score (nSPS) is 26.1. The molecule has 1 heterocycles. The minimum Gasteiger partial charge on any atom is -0.496 e. The molecule has 0 radical (unpaired) electrons. The van der Waals surface area contributed by atoms with Gasteiger partial charge in [-0.2, -0.15) is 0 Å². The highest BCUT2D eigenvalue weighted by Crippen LogP contribution is 2.18. The number of aliphatic hydroxyl groups excluding tert-OH is 1. The fraction of sp³-hybridized carbons (Fsp3) is 0.500. The first kappa shape index (κ1) is 13.3. The van der Waals surface area contributed by atoms with E-state index < -0.39 is 22.0 Å². The van der Waals surface area contributed by atoms with Crippen LogP contribution in [0, 0.1) is 0 Å². The topological polar surface area (TPSA) is 75.6 Å². The Hall–Kier alpha value is -1.11. The second-order valence-corrected chi connectivity index (χ2v) is 6.60. The fourth-order valence-electron chi connectivity index (χ4n) is 2.11. The third kappa shape index (κ3) is 3.01. The summed E-state index contributed by atoms with van der Waals surface area (Å²) in [7, 11) is -1.52. The van der Waals surface area contributed by atoms with E-state index in [0.29, 0.717) is 6.54 Å². The smallest absolute Gasteiger partial charge is 0.154 e. The quantitative estimate of drug-likeness (QED) is 0.802. The number of hydrogen-bond acceptors (Lipinski definition) is 5. The zero-order valence-corrected chi connectivity index (χ0v) is 11.0. The summed E-state index contributed by atoms with van der Waals surface area (Å²) in [5, 5.41) is 12.7. The summed E-state index contributed by atoms with van der Waals surface area (Å²) in [4.78, 5) is 0. The summed E-state index contributed by atoms with van der Waals surface area (Å²) in [5.41, 5.74) is 0.941. The monoisotopic (exact) mass is 271 g/mol. The summed E-state index contributed by atoms with van der Waals surface area (Å²) in [5.74, 6) is 0.584. The predicted molar refractivity (Wildman–Crippen MR) is 68.3 cm³/mol. The van der Waals surface area contributed by atoms with Crippen molar-refractivity contribution in [2.45, 2.75) is 18.7 Å². The lowest BCUT2D eigenvalue weighted by atomic mass is 10.1. The van der Waals surface area contributed by atoms with Gasteiger partial charge < -0.3 is 15.2 Å². The van der Waals surface area contributed by atoms with E-state index in [2.05, 4.69) is 5.32 Å². The first-order chi connectivity index (χ1) is 8.52. The maximum Gasteiger partial charge on any atom is 0.154 e. The van der Waals surface area contributed by atoms with Crippen molar-refractivity contribution in [2.75, 3.05) is 18.6 Å². The van der Waals surface area contributed by atoms with Crippen molar-refractivity contribution in [3.05, 3.63) is 29.8 Å². The molecule has 0 aromatic heterocycles. The second kappa shape index (κ2) is 5.26. The van der Waals surface area contributed by atoms with Crippen LogP contribution in [0.1, 0.15) is 5.56 Å². The molecule has 1 aromatic rings. The van der Waals surface area contributed by atoms with Crippen LogP contribution in [-0.4, -0.2) is 44.3 Å². The summed E-state index contributed by atoms with van der Waals surface area (Å²) in [6.07, 6.45) is -0.829. The lowest BCUT2D eigenvalue weighted by Gasteiger charge is -2.16. The van der Waals surface area contributed by atoms with E-state index >= 15 is 0 Å². The molecule has 1 fully saturated rings. The van der Waals surface area contributed by atoms with Crippen molar-refractivity contribution >= 4 is 9.84 Å². The first-order valence-electron chi connectivity index (χ1n) is 5.75. The fourth-order valence-corrected chi connectivity index (χ4v) is 3.89. The Kier molecular flexibility index (Phi) is 3.89. The Bertz CT molecular complexity index is 515. The first-order valence-corrected chi connectivity index (χ1v) is 7.58. The predicted octanol–water partition coefficient (Wildman–Crippen LogP) is -0.0573. The molecular formula is C12H17NO4S. The van der Waals surface area contributed by atoms with Crippen LogP contribution in [0.3, 0.4) is 0 Å². The molecule has 0 amide bonds. The number of sulfone groups is 1. The molecule has 2 atom stereocenters. The molecule has 18 heavy (non-hydrogen) atoms. The number of aliphatic hydroxyl groups is 1. The number of benzene rings is 1. The van der Waals surface area contributed by atoms with Crippen molar-refractivity contribution < 1.29 is 18.3 Å². The van der Waals surface area contributed by atoms with E-state index in [4.69, 9.17) is 4.74 Å². The Morgan fingerprint density at radius 2 is 2.11 bits per heavy atom. The molecule has 0 unspecified atom stereocenters. The Labute approximate surface area is 107 Å². The van der Waals surface area contributed by atoms with Crippen LogP contribution in [0.2, 0.25) is 0 Å². The van der Waals surface area contributed by atoms with Crippen molar-refractivity contribution in [3.8, 4) is 5.75 Å². The second-order valence-electron chi connectivity index (χ2n) is 4.44. The minimum atomic E-state index is -3.11.